The normalized spacial score (nSPS) is 17.7. The Labute approximate surface area is 140 Å². The van der Waals surface area contributed by atoms with E-state index in [1.54, 1.807) is 43.6 Å². The van der Waals surface area contributed by atoms with Crippen LogP contribution < -0.4 is 4.90 Å². The van der Waals surface area contributed by atoms with Gasteiger partial charge in [-0.3, -0.25) is 4.98 Å². The molecule has 0 spiro atoms. The highest BCUT2D eigenvalue weighted by Crippen LogP contribution is 2.38. The molecule has 122 valence electrons. The second kappa shape index (κ2) is 6.20. The Morgan fingerprint density at radius 1 is 1.17 bits per heavy atom. The van der Waals surface area contributed by atoms with E-state index in [-0.39, 0.29) is 11.7 Å². The molecule has 2 N–H and O–H groups in total. The average Bonchev–Trinajstić information content (AvgIpc) is 2.55. The van der Waals surface area contributed by atoms with Crippen LogP contribution in [-0.2, 0) is 4.79 Å². The molecule has 0 saturated carbocycles. The number of anilines is 1. The van der Waals surface area contributed by atoms with Gasteiger partial charge < -0.3 is 15.1 Å². The van der Waals surface area contributed by atoms with Gasteiger partial charge in [-0.1, -0.05) is 18.2 Å². The van der Waals surface area contributed by atoms with Gasteiger partial charge in [-0.05, 0) is 43.7 Å². The smallest absolute Gasteiger partial charge is 0.334 e. The lowest BCUT2D eigenvalue weighted by Crippen LogP contribution is -2.29. The van der Waals surface area contributed by atoms with Crippen molar-refractivity contribution in [3.63, 3.8) is 0 Å². The van der Waals surface area contributed by atoms with Gasteiger partial charge in [-0.15, -0.1) is 0 Å². The first-order valence-corrected chi connectivity index (χ1v) is 7.60. The minimum absolute atomic E-state index is 0.157. The number of rotatable bonds is 3. The van der Waals surface area contributed by atoms with Crippen LogP contribution in [0.1, 0.15) is 25.3 Å². The number of hydrogen-bond donors (Lipinski definition) is 2. The van der Waals surface area contributed by atoms with Crippen LogP contribution in [0.2, 0.25) is 0 Å². The molecule has 0 aliphatic carbocycles. The maximum Gasteiger partial charge on any atom is 0.334 e. The monoisotopic (exact) mass is 322 g/mol. The van der Waals surface area contributed by atoms with Gasteiger partial charge in [0.2, 0.25) is 0 Å². The maximum atomic E-state index is 11.9. The molecule has 0 fully saturated rings. The number of carboxylic acid groups (broad SMARTS) is 1. The van der Waals surface area contributed by atoms with Gasteiger partial charge in [0.05, 0.1) is 17.5 Å². The molecular weight excluding hydrogens is 304 g/mol. The standard InChI is InChI=1S/C19H18N2O3/c1-12-10-17(14-5-7-16(22)8-6-14)18(19(23)24)13(2)21(12)15-4-3-9-20-11-15/h3-11,17,22H,1-2H3,(H,23,24). The van der Waals surface area contributed by atoms with Crippen LogP contribution >= 0.6 is 0 Å². The van der Waals surface area contributed by atoms with Gasteiger partial charge in [0.15, 0.2) is 0 Å². The first-order chi connectivity index (χ1) is 11.5. The van der Waals surface area contributed by atoms with E-state index in [0.717, 1.165) is 16.9 Å². The third kappa shape index (κ3) is 2.76. The average molecular weight is 322 g/mol. The molecular formula is C19H18N2O3. The summed E-state index contributed by atoms with van der Waals surface area (Å²) >= 11 is 0. The van der Waals surface area contributed by atoms with E-state index in [2.05, 4.69) is 4.98 Å². The number of aliphatic carboxylic acids is 1. The molecule has 1 aromatic carbocycles. The lowest BCUT2D eigenvalue weighted by molar-refractivity contribution is -0.132. The summed E-state index contributed by atoms with van der Waals surface area (Å²) in [7, 11) is 0. The quantitative estimate of drug-likeness (QED) is 0.902. The zero-order valence-electron chi connectivity index (χ0n) is 13.5. The number of phenolic OH excluding ortho intramolecular Hbond substituents is 1. The molecule has 3 rings (SSSR count). The highest BCUT2D eigenvalue weighted by atomic mass is 16.4. The van der Waals surface area contributed by atoms with Gasteiger partial charge in [-0.25, -0.2) is 4.79 Å². The summed E-state index contributed by atoms with van der Waals surface area (Å²) in [4.78, 5) is 17.9. The summed E-state index contributed by atoms with van der Waals surface area (Å²) in [5, 5.41) is 19.2. The molecule has 2 heterocycles. The van der Waals surface area contributed by atoms with Gasteiger partial charge in [-0.2, -0.15) is 0 Å². The van der Waals surface area contributed by atoms with E-state index in [0.29, 0.717) is 11.3 Å². The zero-order valence-corrected chi connectivity index (χ0v) is 13.5. The molecule has 1 unspecified atom stereocenters. The van der Waals surface area contributed by atoms with Crippen LogP contribution in [0.4, 0.5) is 5.69 Å². The summed E-state index contributed by atoms with van der Waals surface area (Å²) in [5.74, 6) is -1.16. The summed E-state index contributed by atoms with van der Waals surface area (Å²) in [6, 6.07) is 10.4. The Morgan fingerprint density at radius 3 is 2.46 bits per heavy atom. The van der Waals surface area contributed by atoms with E-state index in [4.69, 9.17) is 0 Å². The van der Waals surface area contributed by atoms with Gasteiger partial charge in [0, 0.05) is 23.5 Å². The maximum absolute atomic E-state index is 11.9. The number of aromatic hydroxyl groups is 1. The second-order valence-corrected chi connectivity index (χ2v) is 5.73. The van der Waals surface area contributed by atoms with Crippen LogP contribution in [0, 0.1) is 0 Å². The Balaban J connectivity index is 2.12. The second-order valence-electron chi connectivity index (χ2n) is 5.73. The number of nitrogens with zero attached hydrogens (tertiary/aromatic N) is 2. The van der Waals surface area contributed by atoms with Crippen molar-refractivity contribution >= 4 is 11.7 Å². The van der Waals surface area contributed by atoms with Gasteiger partial charge >= 0.3 is 5.97 Å². The topological polar surface area (TPSA) is 73.7 Å². The minimum atomic E-state index is -0.955. The Kier molecular flexibility index (Phi) is 4.08. The molecule has 5 heteroatoms. The Bertz CT molecular complexity index is 823. The molecule has 1 aromatic heterocycles. The fraction of sp³-hybridized carbons (Fsp3) is 0.158. The van der Waals surface area contributed by atoms with Crippen molar-refractivity contribution in [3.8, 4) is 5.75 Å². The van der Waals surface area contributed by atoms with Crippen LogP contribution in [0.5, 0.6) is 5.75 Å². The van der Waals surface area contributed by atoms with E-state index in [1.165, 1.54) is 0 Å². The molecule has 0 bridgehead atoms. The minimum Gasteiger partial charge on any atom is -0.508 e. The number of aromatic nitrogens is 1. The number of phenols is 1. The fourth-order valence-electron chi connectivity index (χ4n) is 3.12. The highest BCUT2D eigenvalue weighted by Gasteiger charge is 2.31. The molecule has 0 radical (unpaired) electrons. The molecule has 1 aliphatic heterocycles. The van der Waals surface area contributed by atoms with Crippen molar-refractivity contribution in [1.29, 1.82) is 0 Å². The summed E-state index contributed by atoms with van der Waals surface area (Å²) in [5.41, 5.74) is 3.56. The predicted octanol–water partition coefficient (Wildman–Crippen LogP) is 3.65. The van der Waals surface area contributed by atoms with Gasteiger partial charge in [0.1, 0.15) is 5.75 Å². The van der Waals surface area contributed by atoms with Crippen molar-refractivity contribution in [2.24, 2.45) is 0 Å². The van der Waals surface area contributed by atoms with Crippen molar-refractivity contribution in [3.05, 3.63) is 77.4 Å². The molecule has 0 amide bonds. The van der Waals surface area contributed by atoms with Gasteiger partial charge in [0.25, 0.3) is 0 Å². The number of allylic oxidation sites excluding steroid dienone is 3. The summed E-state index contributed by atoms with van der Waals surface area (Å²) in [6.45, 7) is 3.75. The lowest BCUT2D eigenvalue weighted by atomic mass is 9.86. The fourth-order valence-corrected chi connectivity index (χ4v) is 3.12. The zero-order chi connectivity index (χ0) is 17.3. The van der Waals surface area contributed by atoms with Crippen molar-refractivity contribution in [2.75, 3.05) is 4.90 Å². The molecule has 2 aromatic rings. The van der Waals surface area contributed by atoms with E-state index >= 15 is 0 Å². The van der Waals surface area contributed by atoms with Crippen molar-refractivity contribution in [1.82, 2.24) is 4.98 Å². The number of pyridine rings is 1. The third-order valence-corrected chi connectivity index (χ3v) is 4.18. The van der Waals surface area contributed by atoms with Crippen LogP contribution in [0.15, 0.2) is 71.8 Å². The van der Waals surface area contributed by atoms with Crippen LogP contribution in [-0.4, -0.2) is 21.2 Å². The van der Waals surface area contributed by atoms with E-state index < -0.39 is 5.97 Å². The van der Waals surface area contributed by atoms with E-state index in [1.807, 2.05) is 30.0 Å². The molecule has 24 heavy (non-hydrogen) atoms. The molecule has 5 nitrogen and oxygen atoms in total. The Hall–Kier alpha value is -3.08. The predicted molar refractivity (Wildman–Crippen MR) is 91.7 cm³/mol. The van der Waals surface area contributed by atoms with Crippen molar-refractivity contribution < 1.29 is 15.0 Å². The highest BCUT2D eigenvalue weighted by molar-refractivity contribution is 5.92. The Morgan fingerprint density at radius 2 is 1.88 bits per heavy atom. The number of carboxylic acids is 1. The first-order valence-electron chi connectivity index (χ1n) is 7.60. The molecule has 1 atom stereocenters. The van der Waals surface area contributed by atoms with E-state index in [9.17, 15) is 15.0 Å². The van der Waals surface area contributed by atoms with Crippen molar-refractivity contribution in [2.45, 2.75) is 19.8 Å². The molecule has 1 aliphatic rings. The SMILES string of the molecule is CC1=CC(c2ccc(O)cc2)C(C(=O)O)=C(C)N1c1cccnc1. The summed E-state index contributed by atoms with van der Waals surface area (Å²) < 4.78 is 0. The van der Waals surface area contributed by atoms with Crippen LogP contribution in [0.25, 0.3) is 0 Å². The summed E-state index contributed by atoms with van der Waals surface area (Å²) in [6.07, 6.45) is 5.32. The molecule has 0 saturated heterocycles. The van der Waals surface area contributed by atoms with Crippen LogP contribution in [0.3, 0.4) is 0 Å². The number of benzene rings is 1. The lowest BCUT2D eigenvalue weighted by Gasteiger charge is -2.34. The largest absolute Gasteiger partial charge is 0.508 e. The number of hydrogen-bond acceptors (Lipinski definition) is 4. The first kappa shape index (κ1) is 15.8. The third-order valence-electron chi connectivity index (χ3n) is 4.18. The number of carbonyl (C=O) groups is 1.